The van der Waals surface area contributed by atoms with E-state index in [1.807, 2.05) is 57.0 Å². The lowest BCUT2D eigenvalue weighted by molar-refractivity contribution is -0.296. The number of esters is 2. The van der Waals surface area contributed by atoms with E-state index in [0.717, 1.165) is 16.8 Å². The summed E-state index contributed by atoms with van der Waals surface area (Å²) < 4.78 is 53.2. The maximum absolute atomic E-state index is 14.9. The van der Waals surface area contributed by atoms with Crippen LogP contribution in [-0.4, -0.2) is 142 Å². The van der Waals surface area contributed by atoms with Gasteiger partial charge in [-0.2, -0.15) is 0 Å². The maximum atomic E-state index is 14.9. The molecule has 0 spiro atoms. The molecule has 0 radical (unpaired) electrons. The lowest BCUT2D eigenvalue weighted by Crippen LogP contribution is -2.60. The molecule has 1 N–H and O–H groups in total. The summed E-state index contributed by atoms with van der Waals surface area (Å²) in [5, 5.41) is 20.7. The number of carbonyl (C=O) groups excluding carboxylic acids is 4. The van der Waals surface area contributed by atoms with Crippen LogP contribution >= 0.6 is 0 Å². The molecule has 3 aliphatic heterocycles. The number of aliphatic hydroxyl groups excluding tert-OH is 1. The number of pyridine rings is 1. The van der Waals surface area contributed by atoms with Crippen LogP contribution in [0.25, 0.3) is 5.57 Å². The second-order valence-corrected chi connectivity index (χ2v) is 19.9. The molecule has 0 bridgehead atoms. The van der Waals surface area contributed by atoms with E-state index < -0.39 is 114 Å². The summed E-state index contributed by atoms with van der Waals surface area (Å²) in [6, 6.07) is 2.61. The van der Waals surface area contributed by atoms with Crippen molar-refractivity contribution in [3.8, 4) is 0 Å². The number of halogens is 1. The number of aromatic nitrogens is 4. The highest BCUT2D eigenvalue weighted by Crippen LogP contribution is 2.45. The third-order valence-electron chi connectivity index (χ3n) is 15.0. The van der Waals surface area contributed by atoms with E-state index >= 15 is 0 Å². The number of hydrogen-bond acceptors (Lipinski definition) is 15. The number of nitrogens with zero attached hydrogens (tertiary/aromatic N) is 5. The molecule has 69 heavy (non-hydrogen) atoms. The van der Waals surface area contributed by atoms with Crippen LogP contribution in [0.1, 0.15) is 111 Å². The number of allylic oxidation sites excluding steroid dienone is 3. The first-order valence-electron chi connectivity index (χ1n) is 24.2. The Balaban J connectivity index is 1.34. The van der Waals surface area contributed by atoms with Crippen molar-refractivity contribution in [1.29, 1.82) is 0 Å². The number of methoxy groups -OCH3 is 2. The lowest BCUT2D eigenvalue weighted by atomic mass is 9.70. The number of aryl methyl sites for hydroxylation is 1. The molecule has 5 heterocycles. The SMILES string of the molecule is C=C/C(=C\C=C(/C)c1ccc(C)nc1)[C@@H](OC)[C@@H](CF)n1cc(CCN(C)[C@H]2C[C@@H](C)O[C@@H](O[C@@H]3[C@@H](C)C(=O)[C@@H](C)C(=O)O[C@H](CC)[C@@]4(C)OC(=O)C[C@@H]4[C@@H](C)C(=O)[C@H](C)C[C@@]3(C)OC)[C@@H]2O)nn1. The van der Waals surface area contributed by atoms with Crippen molar-refractivity contribution in [3.63, 3.8) is 0 Å². The van der Waals surface area contributed by atoms with E-state index in [2.05, 4.69) is 21.9 Å². The number of hydrogen-bond donors (Lipinski definition) is 1. The summed E-state index contributed by atoms with van der Waals surface area (Å²) >= 11 is 0. The first kappa shape index (κ1) is 55.4. The van der Waals surface area contributed by atoms with Gasteiger partial charge in [-0.25, -0.2) is 9.07 Å². The number of rotatable bonds is 16. The zero-order valence-corrected chi connectivity index (χ0v) is 42.8. The highest BCUT2D eigenvalue weighted by Gasteiger charge is 2.57. The Morgan fingerprint density at radius 3 is 2.41 bits per heavy atom. The molecule has 382 valence electrons. The number of likely N-dealkylation sites (N-methyl/N-ethyl adjacent to an activating group) is 1. The fourth-order valence-corrected chi connectivity index (χ4v) is 10.6. The Bertz CT molecular complexity index is 2180. The second kappa shape index (κ2) is 23.6. The number of aliphatic hydroxyl groups is 1. The third-order valence-corrected chi connectivity index (χ3v) is 15.0. The Hall–Kier alpha value is -4.52. The van der Waals surface area contributed by atoms with Crippen LogP contribution < -0.4 is 0 Å². The zero-order valence-electron chi connectivity index (χ0n) is 42.8. The van der Waals surface area contributed by atoms with Crippen LogP contribution in [0.15, 0.2) is 54.9 Å². The number of carbonyl (C=O) groups is 4. The summed E-state index contributed by atoms with van der Waals surface area (Å²) in [5.74, 6) is -6.06. The standard InChI is InChI=1S/C52H76FN5O11/c1-15-36(19-17-29(3)37-20-18-31(5)54-27-37)47(64-13)41(26-53)58-28-38(55-56-58)21-22-57(12)40-23-32(6)66-50(46(40)62)68-48-34(8)45(61)35(9)49(63)67-42(16-2)52(11)39(24-43(59)69-52)33(7)44(60)30(4)25-51(48,10)65-14/h15,17-20,27-28,30,32-35,39-42,46-48,50,62H,1,16,21-26H2,2-14H3/b29-17+,36-19+/t30-,32-,33-,34+,35-,39-,40+,41-,42-,46-,47-,48-,50+,51-,52+/m1/s1. The number of cyclic esters (lactones) is 1. The smallest absolute Gasteiger partial charge is 0.316 e. The summed E-state index contributed by atoms with van der Waals surface area (Å²) in [6.45, 7) is 21.3. The van der Waals surface area contributed by atoms with E-state index in [9.17, 15) is 28.7 Å². The van der Waals surface area contributed by atoms with Gasteiger partial charge in [-0.15, -0.1) is 5.10 Å². The fourth-order valence-electron chi connectivity index (χ4n) is 10.6. The first-order chi connectivity index (χ1) is 32.6. The Kier molecular flexibility index (Phi) is 18.9. The summed E-state index contributed by atoms with van der Waals surface area (Å²) in [4.78, 5) is 61.7. The number of fused-ring (bicyclic) bond motifs is 1. The van der Waals surface area contributed by atoms with Gasteiger partial charge >= 0.3 is 11.9 Å². The molecule has 2 aromatic heterocycles. The van der Waals surface area contributed by atoms with Crippen molar-refractivity contribution in [1.82, 2.24) is 24.9 Å². The van der Waals surface area contributed by atoms with Gasteiger partial charge in [0.15, 0.2) is 12.1 Å². The predicted octanol–water partition coefficient (Wildman–Crippen LogP) is 6.58. The van der Waals surface area contributed by atoms with Gasteiger partial charge in [0.25, 0.3) is 0 Å². The normalized spacial score (nSPS) is 34.2. The van der Waals surface area contributed by atoms with Gasteiger partial charge in [0, 0.05) is 75.0 Å². The zero-order chi connectivity index (χ0) is 51.1. The molecular formula is C52H76FN5O11. The van der Waals surface area contributed by atoms with E-state index in [1.54, 1.807) is 60.0 Å². The first-order valence-corrected chi connectivity index (χ1v) is 24.2. The predicted molar refractivity (Wildman–Crippen MR) is 256 cm³/mol. The largest absolute Gasteiger partial charge is 0.458 e. The van der Waals surface area contributed by atoms with Crippen LogP contribution in [0.5, 0.6) is 0 Å². The molecule has 0 aliphatic carbocycles. The van der Waals surface area contributed by atoms with Gasteiger partial charge < -0.3 is 38.4 Å². The molecule has 17 heteroatoms. The molecular weight excluding hydrogens is 890 g/mol. The fraction of sp³-hybridized carbons (Fsp3) is 0.673. The van der Waals surface area contributed by atoms with Crippen LogP contribution in [0, 0.1) is 36.5 Å². The minimum atomic E-state index is -1.32. The van der Waals surface area contributed by atoms with Gasteiger partial charge in [0.1, 0.15) is 48.3 Å². The Morgan fingerprint density at radius 2 is 1.80 bits per heavy atom. The highest BCUT2D eigenvalue weighted by atomic mass is 19.1. The molecule has 0 amide bonds. The molecule has 0 saturated carbocycles. The van der Waals surface area contributed by atoms with Crippen molar-refractivity contribution >= 4 is 29.1 Å². The number of Topliss-reactive ketones (excluding diaryl/α,β-unsaturated/α-hetero) is 2. The number of ketones is 2. The highest BCUT2D eigenvalue weighted by molar-refractivity contribution is 6.00. The Labute approximate surface area is 407 Å². The van der Waals surface area contributed by atoms with E-state index in [4.69, 9.17) is 28.4 Å². The molecule has 15 atom stereocenters. The van der Waals surface area contributed by atoms with Crippen molar-refractivity contribution < 1.29 is 57.1 Å². The van der Waals surface area contributed by atoms with Gasteiger partial charge in [-0.1, -0.05) is 63.8 Å². The van der Waals surface area contributed by atoms with Crippen molar-refractivity contribution in [2.24, 2.45) is 29.6 Å². The third kappa shape index (κ3) is 12.3. The van der Waals surface area contributed by atoms with Crippen LogP contribution in [0.2, 0.25) is 0 Å². The van der Waals surface area contributed by atoms with Gasteiger partial charge in [-0.05, 0) is 90.6 Å². The van der Waals surface area contributed by atoms with Gasteiger partial charge in [0.2, 0.25) is 0 Å². The summed E-state index contributed by atoms with van der Waals surface area (Å²) in [5.41, 5.74) is 1.49. The topological polar surface area (TPSA) is 191 Å². The summed E-state index contributed by atoms with van der Waals surface area (Å²) in [6.07, 6.45) is 4.52. The van der Waals surface area contributed by atoms with Crippen LogP contribution in [-0.2, 0) is 54.0 Å². The molecule has 3 aliphatic rings. The average Bonchev–Trinajstić information content (AvgIpc) is 3.93. The second-order valence-electron chi connectivity index (χ2n) is 19.9. The van der Waals surface area contributed by atoms with Gasteiger partial charge in [0.05, 0.1) is 29.9 Å². The minimum Gasteiger partial charge on any atom is -0.458 e. The number of alkyl halides is 1. The molecule has 16 nitrogen and oxygen atoms in total. The molecule has 0 unspecified atom stereocenters. The van der Waals surface area contributed by atoms with Crippen molar-refractivity contribution in [3.05, 3.63) is 71.9 Å². The van der Waals surface area contributed by atoms with Crippen molar-refractivity contribution in [2.45, 2.75) is 161 Å². The molecule has 3 saturated heterocycles. The molecule has 5 rings (SSSR count). The van der Waals surface area contributed by atoms with Gasteiger partial charge in [-0.3, -0.25) is 24.2 Å². The quantitative estimate of drug-likeness (QED) is 0.108. The van der Waals surface area contributed by atoms with Crippen molar-refractivity contribution in [2.75, 3.05) is 34.5 Å². The molecule has 2 aromatic rings. The van der Waals surface area contributed by atoms with E-state index in [0.29, 0.717) is 30.7 Å². The van der Waals surface area contributed by atoms with Crippen LogP contribution in [0.3, 0.4) is 0 Å². The molecule has 0 aromatic carbocycles. The number of ether oxygens (including phenoxy) is 6. The monoisotopic (exact) mass is 966 g/mol. The van der Waals surface area contributed by atoms with E-state index in [1.165, 1.54) is 25.8 Å². The van der Waals surface area contributed by atoms with E-state index in [-0.39, 0.29) is 25.0 Å². The van der Waals surface area contributed by atoms with Crippen LogP contribution in [0.4, 0.5) is 4.39 Å². The minimum absolute atomic E-state index is 0.0243. The molecule has 3 fully saturated rings. The Morgan fingerprint density at radius 1 is 1.09 bits per heavy atom. The maximum Gasteiger partial charge on any atom is 0.316 e. The summed E-state index contributed by atoms with van der Waals surface area (Å²) in [7, 11) is 4.85. The average molecular weight is 966 g/mol. The lowest BCUT2D eigenvalue weighted by Gasteiger charge is -2.47.